The van der Waals surface area contributed by atoms with E-state index in [0.29, 0.717) is 0 Å². The Bertz CT molecular complexity index is 3200. The number of nitrogens with zero attached hydrogens (tertiary/aromatic N) is 2. The quantitative estimate of drug-likeness (QED) is 0.163. The summed E-state index contributed by atoms with van der Waals surface area (Å²) in [6.07, 6.45) is 0.587. The molecule has 2 aromatic heterocycles. The molecule has 1 aliphatic heterocycles. The van der Waals surface area contributed by atoms with E-state index in [1.807, 2.05) is 17.4 Å². The maximum absolute atomic E-state index is 6.35. The molecule has 54 heavy (non-hydrogen) atoms. The van der Waals surface area contributed by atoms with Gasteiger partial charge in [-0.05, 0) is 92.8 Å². The molecule has 256 valence electrons. The maximum Gasteiger partial charge on any atom is 0.272 e. The fourth-order valence-corrected chi connectivity index (χ4v) is 9.69. The molecule has 0 fully saturated rings. The van der Waals surface area contributed by atoms with Gasteiger partial charge < -0.3 is 4.42 Å². The number of fused-ring (bicyclic) bond motifs is 8. The second-order valence-electron chi connectivity index (χ2n) is 14.5. The molecule has 0 bridgehead atoms. The third kappa shape index (κ3) is 5.09. The Balaban J connectivity index is 1.10. The number of rotatable bonds is 5. The summed E-state index contributed by atoms with van der Waals surface area (Å²) < 4.78 is 11.5. The van der Waals surface area contributed by atoms with E-state index < -0.39 is 0 Å². The third-order valence-electron chi connectivity index (χ3n) is 11.2. The summed E-state index contributed by atoms with van der Waals surface area (Å²) in [6, 6.07) is 59.5. The minimum atomic E-state index is -0.181. The van der Waals surface area contributed by atoms with Crippen LogP contribution in [0, 0.1) is 0 Å². The topological polar surface area (TPSA) is 28.5 Å². The van der Waals surface area contributed by atoms with Crippen LogP contribution in [-0.4, -0.2) is 16.0 Å². The van der Waals surface area contributed by atoms with Crippen molar-refractivity contribution in [3.05, 3.63) is 180 Å². The van der Waals surface area contributed by atoms with Gasteiger partial charge in [0.05, 0.1) is 12.1 Å². The van der Waals surface area contributed by atoms with Crippen molar-refractivity contribution in [2.45, 2.75) is 26.1 Å². The van der Waals surface area contributed by atoms with Crippen LogP contribution < -0.4 is 0 Å². The zero-order valence-electron chi connectivity index (χ0n) is 29.8. The van der Waals surface area contributed by atoms with E-state index in [0.717, 1.165) is 46.2 Å². The summed E-state index contributed by atoms with van der Waals surface area (Å²) in [4.78, 5) is 5.73. The molecule has 0 aliphatic carbocycles. The average molecular weight is 712 g/mol. The van der Waals surface area contributed by atoms with Gasteiger partial charge in [0.2, 0.25) is 0 Å². The van der Waals surface area contributed by atoms with Crippen LogP contribution in [-0.2, 0) is 6.54 Å². The Kier molecular flexibility index (Phi) is 7.14. The van der Waals surface area contributed by atoms with Gasteiger partial charge in [0.1, 0.15) is 11.2 Å². The first-order valence-electron chi connectivity index (χ1n) is 18.6. The highest BCUT2D eigenvalue weighted by atomic mass is 32.1. The van der Waals surface area contributed by atoms with Gasteiger partial charge in [0.15, 0.2) is 12.3 Å². The van der Waals surface area contributed by atoms with Crippen molar-refractivity contribution in [2.24, 2.45) is 4.99 Å². The molecular formula is C50H35N2OS+. The summed E-state index contributed by atoms with van der Waals surface area (Å²) in [5.41, 5.74) is 10.3. The standard InChI is InChI=1S/C50H35N2OS/c1-31-25-44(37-27-35-13-4-5-14-38(35)42(29-37)40-17-10-19-46-49(40)41-16-6-8-18-45(41)53-46)51-50(52(31)30-32-21-22-33-11-2-3-12-34(33)26-32)36-23-24-48-43(28-36)39-15-7-9-20-47(39)54-48/h2-24,26-29,50H,25,30H2,1H3/q+1. The highest BCUT2D eigenvalue weighted by Crippen LogP contribution is 2.41. The van der Waals surface area contributed by atoms with Gasteiger partial charge in [-0.2, -0.15) is 0 Å². The van der Waals surface area contributed by atoms with Gasteiger partial charge in [0.25, 0.3) is 6.17 Å². The van der Waals surface area contributed by atoms with E-state index in [-0.39, 0.29) is 6.17 Å². The van der Waals surface area contributed by atoms with Crippen LogP contribution in [0.2, 0.25) is 0 Å². The number of thiophene rings is 1. The van der Waals surface area contributed by atoms with Gasteiger partial charge in [-0.15, -0.1) is 11.3 Å². The first-order valence-corrected chi connectivity index (χ1v) is 19.4. The summed E-state index contributed by atoms with van der Waals surface area (Å²) in [6.45, 7) is 3.07. The highest BCUT2D eigenvalue weighted by molar-refractivity contribution is 7.25. The Labute approximate surface area is 316 Å². The van der Waals surface area contributed by atoms with Crippen LogP contribution in [0.4, 0.5) is 0 Å². The van der Waals surface area contributed by atoms with Crippen LogP contribution in [0.3, 0.4) is 0 Å². The predicted octanol–water partition coefficient (Wildman–Crippen LogP) is 13.5. The minimum absolute atomic E-state index is 0.181. The normalized spacial score (nSPS) is 15.0. The molecule has 0 saturated heterocycles. The number of aliphatic imine (C=N–C) groups is 1. The zero-order valence-corrected chi connectivity index (χ0v) is 30.6. The smallest absolute Gasteiger partial charge is 0.272 e. The molecule has 0 N–H and O–H groups in total. The number of hydrogen-bond acceptors (Lipinski definition) is 3. The molecule has 0 spiro atoms. The van der Waals surface area contributed by atoms with Crippen molar-refractivity contribution in [3.63, 3.8) is 0 Å². The van der Waals surface area contributed by atoms with E-state index in [4.69, 9.17) is 9.41 Å². The molecule has 0 radical (unpaired) electrons. The molecule has 3 nitrogen and oxygen atoms in total. The lowest BCUT2D eigenvalue weighted by atomic mass is 9.90. The van der Waals surface area contributed by atoms with Crippen molar-refractivity contribution in [3.8, 4) is 11.1 Å². The third-order valence-corrected chi connectivity index (χ3v) is 12.4. The van der Waals surface area contributed by atoms with Crippen molar-refractivity contribution in [2.75, 3.05) is 0 Å². The van der Waals surface area contributed by atoms with Crippen molar-refractivity contribution >= 4 is 86.4 Å². The van der Waals surface area contributed by atoms with Crippen LogP contribution >= 0.6 is 11.3 Å². The van der Waals surface area contributed by atoms with Gasteiger partial charge in [-0.25, -0.2) is 9.57 Å². The largest absolute Gasteiger partial charge is 0.456 e. The summed E-state index contributed by atoms with van der Waals surface area (Å²) >= 11 is 1.86. The number of para-hydroxylation sites is 1. The average Bonchev–Trinajstić information content (AvgIpc) is 3.79. The van der Waals surface area contributed by atoms with Crippen molar-refractivity contribution < 1.29 is 8.99 Å². The van der Waals surface area contributed by atoms with E-state index in [9.17, 15) is 0 Å². The monoisotopic (exact) mass is 711 g/mol. The predicted molar refractivity (Wildman–Crippen MR) is 228 cm³/mol. The zero-order chi connectivity index (χ0) is 35.8. The first-order chi connectivity index (χ1) is 26.6. The van der Waals surface area contributed by atoms with Crippen LogP contribution in [0.5, 0.6) is 0 Å². The second-order valence-corrected chi connectivity index (χ2v) is 15.6. The van der Waals surface area contributed by atoms with Gasteiger partial charge in [-0.3, -0.25) is 0 Å². The van der Waals surface area contributed by atoms with E-state index >= 15 is 0 Å². The number of benzene rings is 8. The van der Waals surface area contributed by atoms with E-state index in [1.54, 1.807) is 0 Å². The second kappa shape index (κ2) is 12.4. The number of furan rings is 1. The summed E-state index contributed by atoms with van der Waals surface area (Å²) in [7, 11) is 0. The van der Waals surface area contributed by atoms with Crippen molar-refractivity contribution in [1.29, 1.82) is 0 Å². The SMILES string of the molecule is CC1=[N+](Cc2ccc3ccccc3c2)C(c2ccc3sc4ccccc4c3c2)N=C(c2cc(-c3cccc4oc5ccccc5c34)c3ccccc3c2)C1. The molecule has 11 rings (SSSR count). The minimum Gasteiger partial charge on any atom is -0.456 e. The lowest BCUT2D eigenvalue weighted by Crippen LogP contribution is -2.30. The summed E-state index contributed by atoms with van der Waals surface area (Å²) in [5, 5.41) is 9.85. The molecule has 10 aromatic rings. The van der Waals surface area contributed by atoms with Crippen LogP contribution in [0.15, 0.2) is 173 Å². The molecule has 0 saturated carbocycles. The van der Waals surface area contributed by atoms with E-state index in [2.05, 4.69) is 169 Å². The molecule has 1 aliphatic rings. The van der Waals surface area contributed by atoms with E-state index in [1.165, 1.54) is 69.7 Å². The number of hydrogen-bond donors (Lipinski definition) is 0. The van der Waals surface area contributed by atoms with Gasteiger partial charge in [-0.1, -0.05) is 109 Å². The molecule has 1 atom stereocenters. The van der Waals surface area contributed by atoms with Crippen LogP contribution in [0.25, 0.3) is 74.8 Å². The van der Waals surface area contributed by atoms with Crippen molar-refractivity contribution in [1.82, 2.24) is 0 Å². The fourth-order valence-electron chi connectivity index (χ4n) is 8.61. The summed E-state index contributed by atoms with van der Waals surface area (Å²) in [5.74, 6) is 0. The fraction of sp³-hybridized carbons (Fsp3) is 0.0800. The molecule has 0 amide bonds. The van der Waals surface area contributed by atoms with Crippen LogP contribution in [0.1, 0.15) is 36.2 Å². The lowest BCUT2D eigenvalue weighted by Gasteiger charge is -2.23. The highest BCUT2D eigenvalue weighted by Gasteiger charge is 2.32. The lowest BCUT2D eigenvalue weighted by molar-refractivity contribution is -0.588. The maximum atomic E-state index is 6.35. The Morgan fingerprint density at radius 3 is 2.24 bits per heavy atom. The molecule has 1 unspecified atom stereocenters. The van der Waals surface area contributed by atoms with Gasteiger partial charge >= 0.3 is 0 Å². The molecule has 4 heteroatoms. The molecule has 3 heterocycles. The Hall–Kier alpha value is -6.36. The Morgan fingerprint density at radius 2 is 1.33 bits per heavy atom. The Morgan fingerprint density at radius 1 is 0.593 bits per heavy atom. The van der Waals surface area contributed by atoms with Gasteiger partial charge in [0, 0.05) is 49.0 Å². The molecule has 8 aromatic carbocycles. The molecular weight excluding hydrogens is 677 g/mol. The first kappa shape index (κ1) is 31.2.